The summed E-state index contributed by atoms with van der Waals surface area (Å²) in [5, 5.41) is 13.9. The van der Waals surface area contributed by atoms with Gasteiger partial charge in [0.05, 0.1) is 4.92 Å². The van der Waals surface area contributed by atoms with E-state index in [2.05, 4.69) is 26.1 Å². The SMILES string of the molecule is CC(C)(C)NCCSc1ccc([N+](=O)[O-])cc1. The first-order chi connectivity index (χ1) is 7.88. The summed E-state index contributed by atoms with van der Waals surface area (Å²) < 4.78 is 0. The third-order valence-electron chi connectivity index (χ3n) is 2.07. The Hall–Kier alpha value is -1.07. The van der Waals surface area contributed by atoms with Crippen molar-refractivity contribution in [2.75, 3.05) is 12.3 Å². The van der Waals surface area contributed by atoms with E-state index in [4.69, 9.17) is 0 Å². The molecular formula is C12H18N2O2S. The highest BCUT2D eigenvalue weighted by Crippen LogP contribution is 2.20. The second-order valence-corrected chi connectivity index (χ2v) is 5.94. The third kappa shape index (κ3) is 5.70. The predicted octanol–water partition coefficient (Wildman–Crippen LogP) is 3.08. The van der Waals surface area contributed by atoms with Crippen LogP contribution in [0.5, 0.6) is 0 Å². The Bertz CT molecular complexity index is 371. The van der Waals surface area contributed by atoms with Crippen LogP contribution in [0.25, 0.3) is 0 Å². The zero-order valence-corrected chi connectivity index (χ0v) is 11.2. The van der Waals surface area contributed by atoms with Crippen molar-refractivity contribution < 1.29 is 4.92 Å². The number of hydrogen-bond donors (Lipinski definition) is 1. The maximum Gasteiger partial charge on any atom is 0.269 e. The number of hydrogen-bond acceptors (Lipinski definition) is 4. The average Bonchev–Trinajstić information content (AvgIpc) is 2.24. The molecule has 0 fully saturated rings. The number of benzene rings is 1. The number of non-ortho nitro benzene ring substituents is 1. The minimum Gasteiger partial charge on any atom is -0.311 e. The predicted molar refractivity (Wildman–Crippen MR) is 71.6 cm³/mol. The van der Waals surface area contributed by atoms with Gasteiger partial charge in [0.1, 0.15) is 0 Å². The molecule has 5 heteroatoms. The summed E-state index contributed by atoms with van der Waals surface area (Å²) in [5.74, 6) is 0.953. The molecule has 0 atom stereocenters. The third-order valence-corrected chi connectivity index (χ3v) is 3.09. The van der Waals surface area contributed by atoms with Crippen LogP contribution in [-0.2, 0) is 0 Å². The minimum absolute atomic E-state index is 0.135. The van der Waals surface area contributed by atoms with Crippen molar-refractivity contribution in [3.63, 3.8) is 0 Å². The number of nitrogens with zero attached hydrogens (tertiary/aromatic N) is 1. The van der Waals surface area contributed by atoms with E-state index in [0.29, 0.717) is 0 Å². The molecule has 1 N–H and O–H groups in total. The maximum atomic E-state index is 10.5. The average molecular weight is 254 g/mol. The minimum atomic E-state index is -0.379. The second kappa shape index (κ2) is 6.02. The van der Waals surface area contributed by atoms with Gasteiger partial charge >= 0.3 is 0 Å². The lowest BCUT2D eigenvalue weighted by atomic mass is 10.1. The van der Waals surface area contributed by atoms with Gasteiger partial charge in [-0.25, -0.2) is 0 Å². The van der Waals surface area contributed by atoms with Crippen LogP contribution in [0.4, 0.5) is 5.69 Å². The molecule has 0 aliphatic rings. The monoisotopic (exact) mass is 254 g/mol. The Morgan fingerprint density at radius 3 is 2.35 bits per heavy atom. The topological polar surface area (TPSA) is 55.2 Å². The van der Waals surface area contributed by atoms with Crippen molar-refractivity contribution in [1.82, 2.24) is 5.32 Å². The van der Waals surface area contributed by atoms with E-state index in [9.17, 15) is 10.1 Å². The molecule has 17 heavy (non-hydrogen) atoms. The quantitative estimate of drug-likeness (QED) is 0.380. The van der Waals surface area contributed by atoms with Gasteiger partial charge in [0.25, 0.3) is 5.69 Å². The summed E-state index contributed by atoms with van der Waals surface area (Å²) in [6.07, 6.45) is 0. The van der Waals surface area contributed by atoms with Gasteiger partial charge in [-0.1, -0.05) is 0 Å². The Kier molecular flexibility index (Phi) is 4.96. The Balaban J connectivity index is 2.35. The number of rotatable bonds is 5. The van der Waals surface area contributed by atoms with Crippen LogP contribution >= 0.6 is 11.8 Å². The normalized spacial score (nSPS) is 11.5. The van der Waals surface area contributed by atoms with E-state index < -0.39 is 0 Å². The van der Waals surface area contributed by atoms with Crippen LogP contribution in [0.2, 0.25) is 0 Å². The van der Waals surface area contributed by atoms with Crippen molar-refractivity contribution in [1.29, 1.82) is 0 Å². The summed E-state index contributed by atoms with van der Waals surface area (Å²) >= 11 is 1.70. The van der Waals surface area contributed by atoms with Crippen LogP contribution in [-0.4, -0.2) is 22.8 Å². The van der Waals surface area contributed by atoms with Gasteiger partial charge < -0.3 is 5.32 Å². The lowest BCUT2D eigenvalue weighted by molar-refractivity contribution is -0.384. The largest absolute Gasteiger partial charge is 0.311 e. The summed E-state index contributed by atoms with van der Waals surface area (Å²) in [6, 6.07) is 6.67. The van der Waals surface area contributed by atoms with E-state index in [1.54, 1.807) is 36.0 Å². The Morgan fingerprint density at radius 1 is 1.29 bits per heavy atom. The van der Waals surface area contributed by atoms with Crippen molar-refractivity contribution in [3.05, 3.63) is 34.4 Å². The summed E-state index contributed by atoms with van der Waals surface area (Å²) in [6.45, 7) is 7.31. The van der Waals surface area contributed by atoms with Gasteiger partial charge in [-0.15, -0.1) is 11.8 Å². The molecule has 0 bridgehead atoms. The molecule has 0 saturated heterocycles. The number of nitro groups is 1. The van der Waals surface area contributed by atoms with Gasteiger partial charge in [0.15, 0.2) is 0 Å². The van der Waals surface area contributed by atoms with E-state index in [1.807, 2.05) is 0 Å². The smallest absolute Gasteiger partial charge is 0.269 e. The fourth-order valence-electron chi connectivity index (χ4n) is 1.26. The fraction of sp³-hybridized carbons (Fsp3) is 0.500. The van der Waals surface area contributed by atoms with Crippen molar-refractivity contribution in [2.45, 2.75) is 31.2 Å². The summed E-state index contributed by atoms with van der Waals surface area (Å²) in [4.78, 5) is 11.2. The van der Waals surface area contributed by atoms with E-state index in [-0.39, 0.29) is 16.1 Å². The second-order valence-electron chi connectivity index (χ2n) is 4.78. The maximum absolute atomic E-state index is 10.5. The molecule has 0 radical (unpaired) electrons. The molecule has 94 valence electrons. The Labute approximate surface area is 106 Å². The zero-order chi connectivity index (χ0) is 12.9. The molecule has 0 amide bonds. The first-order valence-electron chi connectivity index (χ1n) is 5.51. The molecule has 0 aliphatic heterocycles. The highest BCUT2D eigenvalue weighted by Gasteiger charge is 2.08. The molecule has 0 saturated carbocycles. The standard InChI is InChI=1S/C12H18N2O2S/c1-12(2,3)13-8-9-17-11-6-4-10(5-7-11)14(15)16/h4-7,13H,8-9H2,1-3H3. The summed E-state index contributed by atoms with van der Waals surface area (Å²) in [5.41, 5.74) is 0.276. The van der Waals surface area contributed by atoms with Crippen molar-refractivity contribution >= 4 is 17.4 Å². The first kappa shape index (κ1) is 14.0. The molecule has 1 rings (SSSR count). The van der Waals surface area contributed by atoms with Gasteiger partial charge in [-0.3, -0.25) is 10.1 Å². The highest BCUT2D eigenvalue weighted by atomic mass is 32.2. The van der Waals surface area contributed by atoms with E-state index in [0.717, 1.165) is 17.2 Å². The lowest BCUT2D eigenvalue weighted by Crippen LogP contribution is -2.37. The fourth-order valence-corrected chi connectivity index (χ4v) is 2.03. The summed E-state index contributed by atoms with van der Waals surface area (Å²) in [7, 11) is 0. The molecular weight excluding hydrogens is 236 g/mol. The molecule has 1 aromatic rings. The highest BCUT2D eigenvalue weighted by molar-refractivity contribution is 7.99. The molecule has 1 aromatic carbocycles. The van der Waals surface area contributed by atoms with Gasteiger partial charge in [-0.05, 0) is 32.9 Å². The lowest BCUT2D eigenvalue weighted by Gasteiger charge is -2.20. The molecule has 0 heterocycles. The molecule has 4 nitrogen and oxygen atoms in total. The molecule has 0 aliphatic carbocycles. The molecule has 0 unspecified atom stereocenters. The number of nitrogens with one attached hydrogen (secondary N) is 1. The zero-order valence-electron chi connectivity index (χ0n) is 10.4. The van der Waals surface area contributed by atoms with Crippen LogP contribution in [0.1, 0.15) is 20.8 Å². The molecule has 0 spiro atoms. The van der Waals surface area contributed by atoms with Crippen LogP contribution < -0.4 is 5.32 Å². The number of thioether (sulfide) groups is 1. The van der Waals surface area contributed by atoms with Crippen molar-refractivity contribution in [3.8, 4) is 0 Å². The van der Waals surface area contributed by atoms with Crippen LogP contribution in [0.3, 0.4) is 0 Å². The van der Waals surface area contributed by atoms with Gasteiger partial charge in [0, 0.05) is 34.9 Å². The number of nitro benzene ring substituents is 1. The van der Waals surface area contributed by atoms with Crippen LogP contribution in [0.15, 0.2) is 29.2 Å². The van der Waals surface area contributed by atoms with Gasteiger partial charge in [0.2, 0.25) is 0 Å². The van der Waals surface area contributed by atoms with Crippen LogP contribution in [0, 0.1) is 10.1 Å². The van der Waals surface area contributed by atoms with Gasteiger partial charge in [-0.2, -0.15) is 0 Å². The molecule has 0 aromatic heterocycles. The Morgan fingerprint density at radius 2 is 1.88 bits per heavy atom. The van der Waals surface area contributed by atoms with Crippen molar-refractivity contribution in [2.24, 2.45) is 0 Å². The first-order valence-corrected chi connectivity index (χ1v) is 6.49. The van der Waals surface area contributed by atoms with E-state index in [1.165, 1.54) is 0 Å². The van der Waals surface area contributed by atoms with E-state index >= 15 is 0 Å².